The van der Waals surface area contributed by atoms with Gasteiger partial charge in [-0.05, 0) is 62.4 Å². The van der Waals surface area contributed by atoms with Crippen LogP contribution in [0.1, 0.15) is 33.4 Å². The number of hydrogen-bond donors (Lipinski definition) is 1. The van der Waals surface area contributed by atoms with Crippen molar-refractivity contribution in [1.29, 1.82) is 0 Å². The van der Waals surface area contributed by atoms with Crippen molar-refractivity contribution in [1.82, 2.24) is 4.57 Å². The highest BCUT2D eigenvalue weighted by atomic mass is 35.5. The van der Waals surface area contributed by atoms with Gasteiger partial charge in [-0.25, -0.2) is 9.18 Å². The van der Waals surface area contributed by atoms with Gasteiger partial charge < -0.3 is 14.6 Å². The molecule has 5 nitrogen and oxygen atoms in total. The second-order valence-electron chi connectivity index (χ2n) is 7.94. The fraction of sp³-hybridized carbons (Fsp3) is 0.111. The molecule has 1 atom stereocenters. The monoisotopic (exact) mass is 510 g/mol. The van der Waals surface area contributed by atoms with Crippen molar-refractivity contribution >= 4 is 40.8 Å². The molecule has 1 unspecified atom stereocenters. The number of esters is 1. The van der Waals surface area contributed by atoms with Gasteiger partial charge in [-0.1, -0.05) is 53.5 Å². The van der Waals surface area contributed by atoms with Gasteiger partial charge in [0.2, 0.25) is 6.10 Å². The number of aryl methyl sites for hydroxylation is 1. The van der Waals surface area contributed by atoms with E-state index in [-0.39, 0.29) is 5.82 Å². The zero-order valence-electron chi connectivity index (χ0n) is 18.9. The third kappa shape index (κ3) is 5.56. The summed E-state index contributed by atoms with van der Waals surface area (Å²) in [6, 6.07) is 21.0. The average Bonchev–Trinajstić information content (AvgIpc) is 3.11. The van der Waals surface area contributed by atoms with E-state index in [0.717, 1.165) is 5.69 Å². The summed E-state index contributed by atoms with van der Waals surface area (Å²) >= 11 is 12.1. The van der Waals surface area contributed by atoms with Crippen molar-refractivity contribution in [2.24, 2.45) is 0 Å². The maximum absolute atomic E-state index is 13.4. The van der Waals surface area contributed by atoms with Gasteiger partial charge in [-0.3, -0.25) is 4.79 Å². The number of aromatic nitrogens is 1. The third-order valence-corrected chi connectivity index (χ3v) is 5.87. The number of nitrogens with one attached hydrogen (secondary N) is 1. The Kier molecular flexibility index (Phi) is 7.24. The maximum Gasteiger partial charge on any atom is 0.341 e. The largest absolute Gasteiger partial charge is 0.444 e. The van der Waals surface area contributed by atoms with Gasteiger partial charge in [0.15, 0.2) is 0 Å². The van der Waals surface area contributed by atoms with Crippen molar-refractivity contribution in [3.63, 3.8) is 0 Å². The van der Waals surface area contributed by atoms with Crippen LogP contribution in [0.5, 0.6) is 0 Å². The molecule has 0 aliphatic rings. The van der Waals surface area contributed by atoms with E-state index < -0.39 is 18.0 Å². The van der Waals surface area contributed by atoms with Gasteiger partial charge in [0.25, 0.3) is 5.91 Å². The number of carbonyl (C=O) groups is 2. The molecule has 4 rings (SSSR count). The Morgan fingerprint density at radius 2 is 1.54 bits per heavy atom. The standard InChI is InChI=1S/C27H21Cl2FN2O3/c1-16-12-24(17(2)32(16)23-10-8-21(30)9-11-23)27(34)35-25(18-6-4-3-5-7-18)26(33)31-22-14-19(28)13-20(29)15-22/h3-15,25H,1-2H3,(H,31,33). The number of nitrogens with zero attached hydrogens (tertiary/aromatic N) is 1. The lowest BCUT2D eigenvalue weighted by atomic mass is 10.1. The predicted molar refractivity (Wildman–Crippen MR) is 135 cm³/mol. The van der Waals surface area contributed by atoms with Crippen LogP contribution in [-0.4, -0.2) is 16.4 Å². The van der Waals surface area contributed by atoms with E-state index in [1.54, 1.807) is 73.7 Å². The smallest absolute Gasteiger partial charge is 0.341 e. The minimum absolute atomic E-state index is 0.298. The molecule has 1 aromatic heterocycles. The molecule has 0 bridgehead atoms. The van der Waals surface area contributed by atoms with Crippen LogP contribution in [0.4, 0.5) is 10.1 Å². The van der Waals surface area contributed by atoms with Crippen molar-refractivity contribution in [3.05, 3.63) is 117 Å². The molecule has 0 radical (unpaired) electrons. The fourth-order valence-electron chi connectivity index (χ4n) is 3.86. The second-order valence-corrected chi connectivity index (χ2v) is 8.81. The number of amides is 1. The molecule has 0 spiro atoms. The van der Waals surface area contributed by atoms with Crippen LogP contribution in [0, 0.1) is 19.7 Å². The summed E-state index contributed by atoms with van der Waals surface area (Å²) in [5, 5.41) is 3.43. The molecule has 1 amide bonds. The summed E-state index contributed by atoms with van der Waals surface area (Å²) in [5.41, 5.74) is 3.24. The predicted octanol–water partition coefficient (Wildman–Crippen LogP) is 7.08. The summed E-state index contributed by atoms with van der Waals surface area (Å²) in [4.78, 5) is 26.4. The van der Waals surface area contributed by atoms with Crippen LogP contribution in [-0.2, 0) is 9.53 Å². The van der Waals surface area contributed by atoms with Gasteiger partial charge in [0, 0.05) is 38.4 Å². The average molecular weight is 511 g/mol. The van der Waals surface area contributed by atoms with Crippen molar-refractivity contribution in [3.8, 4) is 5.69 Å². The van der Waals surface area contributed by atoms with Crippen molar-refractivity contribution in [2.45, 2.75) is 20.0 Å². The van der Waals surface area contributed by atoms with Crippen molar-refractivity contribution < 1.29 is 18.7 Å². The number of ether oxygens (including phenoxy) is 1. The van der Waals surface area contributed by atoms with Crippen LogP contribution in [0.25, 0.3) is 5.69 Å². The molecule has 178 valence electrons. The second kappa shape index (κ2) is 10.3. The molecule has 8 heteroatoms. The summed E-state index contributed by atoms with van der Waals surface area (Å²) in [5.74, 6) is -1.58. The van der Waals surface area contributed by atoms with Gasteiger partial charge in [0.1, 0.15) is 5.82 Å². The van der Waals surface area contributed by atoms with Gasteiger partial charge in [-0.2, -0.15) is 0 Å². The first kappa shape index (κ1) is 24.5. The van der Waals surface area contributed by atoms with Crippen LogP contribution < -0.4 is 5.32 Å². The lowest BCUT2D eigenvalue weighted by Gasteiger charge is -2.18. The SMILES string of the molecule is Cc1cc(C(=O)OC(C(=O)Nc2cc(Cl)cc(Cl)c2)c2ccccc2)c(C)n1-c1ccc(F)cc1. The molecule has 35 heavy (non-hydrogen) atoms. The summed E-state index contributed by atoms with van der Waals surface area (Å²) in [6.07, 6.45) is -1.23. The first-order valence-electron chi connectivity index (χ1n) is 10.7. The number of rotatable bonds is 6. The van der Waals surface area contributed by atoms with Crippen molar-refractivity contribution in [2.75, 3.05) is 5.32 Å². The Bertz CT molecular complexity index is 1370. The third-order valence-electron chi connectivity index (χ3n) is 5.43. The summed E-state index contributed by atoms with van der Waals surface area (Å²) < 4.78 is 20.9. The summed E-state index contributed by atoms with van der Waals surface area (Å²) in [6.45, 7) is 3.59. The van der Waals surface area contributed by atoms with Gasteiger partial charge in [-0.15, -0.1) is 0 Å². The molecule has 1 heterocycles. The number of halogens is 3. The Morgan fingerprint density at radius 1 is 0.914 bits per heavy atom. The highest BCUT2D eigenvalue weighted by Gasteiger charge is 2.28. The molecule has 3 aromatic carbocycles. The number of benzene rings is 3. The molecular formula is C27H21Cl2FN2O3. The summed E-state index contributed by atoms with van der Waals surface area (Å²) in [7, 11) is 0. The van der Waals surface area contributed by atoms with Crippen LogP contribution in [0.15, 0.2) is 78.9 Å². The first-order chi connectivity index (χ1) is 16.7. The Morgan fingerprint density at radius 3 is 2.17 bits per heavy atom. The van der Waals surface area contributed by atoms with Gasteiger partial charge >= 0.3 is 5.97 Å². The van der Waals surface area contributed by atoms with E-state index in [1.165, 1.54) is 12.1 Å². The van der Waals surface area contributed by atoms with E-state index >= 15 is 0 Å². The minimum atomic E-state index is -1.23. The molecule has 0 aliphatic heterocycles. The van der Waals surface area contributed by atoms with Gasteiger partial charge in [0.05, 0.1) is 5.56 Å². The molecule has 0 fully saturated rings. The number of anilines is 1. The lowest BCUT2D eigenvalue weighted by molar-refractivity contribution is -0.125. The van der Waals surface area contributed by atoms with E-state index in [1.807, 2.05) is 11.5 Å². The zero-order chi connectivity index (χ0) is 25.1. The molecule has 0 aliphatic carbocycles. The highest BCUT2D eigenvalue weighted by Crippen LogP contribution is 2.27. The normalized spacial score (nSPS) is 11.7. The lowest BCUT2D eigenvalue weighted by Crippen LogP contribution is -2.26. The number of hydrogen-bond acceptors (Lipinski definition) is 3. The van der Waals surface area contributed by atoms with Crippen LogP contribution in [0.3, 0.4) is 0 Å². The van der Waals surface area contributed by atoms with E-state index in [9.17, 15) is 14.0 Å². The Labute approximate surface area is 212 Å². The molecular weight excluding hydrogens is 490 g/mol. The van der Waals surface area contributed by atoms with Crippen LogP contribution in [0.2, 0.25) is 10.0 Å². The molecule has 1 N–H and O–H groups in total. The fourth-order valence-corrected chi connectivity index (χ4v) is 4.39. The Balaban J connectivity index is 1.64. The highest BCUT2D eigenvalue weighted by molar-refractivity contribution is 6.35. The van der Waals surface area contributed by atoms with E-state index in [2.05, 4.69) is 5.32 Å². The molecule has 0 saturated heterocycles. The Hall–Kier alpha value is -3.61. The van der Waals surface area contributed by atoms with E-state index in [4.69, 9.17) is 27.9 Å². The quantitative estimate of drug-likeness (QED) is 0.282. The maximum atomic E-state index is 13.4. The topological polar surface area (TPSA) is 60.3 Å². The zero-order valence-corrected chi connectivity index (χ0v) is 20.4. The number of carbonyl (C=O) groups excluding carboxylic acids is 2. The molecule has 4 aromatic rings. The first-order valence-corrected chi connectivity index (χ1v) is 11.5. The molecule has 0 saturated carbocycles. The van der Waals surface area contributed by atoms with E-state index in [0.29, 0.717) is 38.2 Å². The van der Waals surface area contributed by atoms with Crippen LogP contribution >= 0.6 is 23.2 Å². The minimum Gasteiger partial charge on any atom is -0.444 e.